The highest BCUT2D eigenvalue weighted by Gasteiger charge is 2.24. The molecular weight excluding hydrogens is 292 g/mol. The number of amides is 1. The molecule has 0 saturated carbocycles. The van der Waals surface area contributed by atoms with Gasteiger partial charge in [-0.25, -0.2) is 0 Å². The second-order valence-corrected chi connectivity index (χ2v) is 5.84. The maximum Gasteiger partial charge on any atom is 0.223 e. The van der Waals surface area contributed by atoms with E-state index in [4.69, 9.17) is 0 Å². The van der Waals surface area contributed by atoms with Crippen LogP contribution in [-0.2, 0) is 11.3 Å². The molecule has 2 unspecified atom stereocenters. The van der Waals surface area contributed by atoms with E-state index in [-0.39, 0.29) is 11.8 Å². The molecule has 1 heterocycles. The molecule has 1 fully saturated rings. The number of carbonyl (C=O) groups excluding carboxylic acids is 1. The van der Waals surface area contributed by atoms with Gasteiger partial charge >= 0.3 is 0 Å². The van der Waals surface area contributed by atoms with Crippen molar-refractivity contribution in [2.75, 3.05) is 6.54 Å². The van der Waals surface area contributed by atoms with Crippen molar-refractivity contribution in [1.29, 1.82) is 0 Å². The molecule has 18 heavy (non-hydrogen) atoms. The molecule has 0 spiro atoms. The smallest absolute Gasteiger partial charge is 0.223 e. The first-order valence-electron chi connectivity index (χ1n) is 6.40. The van der Waals surface area contributed by atoms with Crippen molar-refractivity contribution in [3.05, 3.63) is 34.3 Å². The molecule has 1 aromatic carbocycles. The van der Waals surface area contributed by atoms with Crippen LogP contribution in [0.1, 0.15) is 25.3 Å². The van der Waals surface area contributed by atoms with Crippen molar-refractivity contribution < 1.29 is 4.79 Å². The van der Waals surface area contributed by atoms with Crippen LogP contribution in [0.15, 0.2) is 28.7 Å². The number of hydrogen-bond donors (Lipinski definition) is 2. The number of hydrogen-bond acceptors (Lipinski definition) is 2. The van der Waals surface area contributed by atoms with Crippen molar-refractivity contribution in [3.63, 3.8) is 0 Å². The molecule has 1 amide bonds. The lowest BCUT2D eigenvalue weighted by Gasteiger charge is -2.27. The Bertz CT molecular complexity index is 405. The Kier molecular flexibility index (Phi) is 4.78. The molecule has 4 heteroatoms. The molecule has 1 saturated heterocycles. The van der Waals surface area contributed by atoms with Gasteiger partial charge in [-0.15, -0.1) is 0 Å². The zero-order valence-electron chi connectivity index (χ0n) is 10.6. The summed E-state index contributed by atoms with van der Waals surface area (Å²) in [6.07, 6.45) is 1.88. The van der Waals surface area contributed by atoms with Gasteiger partial charge in [0.25, 0.3) is 0 Å². The summed E-state index contributed by atoms with van der Waals surface area (Å²) < 4.78 is 1.06. The van der Waals surface area contributed by atoms with Crippen LogP contribution in [0.2, 0.25) is 0 Å². The van der Waals surface area contributed by atoms with E-state index in [0.29, 0.717) is 12.6 Å². The molecule has 0 aromatic heterocycles. The summed E-state index contributed by atoms with van der Waals surface area (Å²) in [6.45, 7) is 3.69. The van der Waals surface area contributed by atoms with Gasteiger partial charge in [-0.2, -0.15) is 0 Å². The maximum absolute atomic E-state index is 12.0. The quantitative estimate of drug-likeness (QED) is 0.900. The Morgan fingerprint density at radius 3 is 2.83 bits per heavy atom. The van der Waals surface area contributed by atoms with E-state index in [1.54, 1.807) is 0 Å². The average Bonchev–Trinajstić information content (AvgIpc) is 2.38. The predicted octanol–water partition coefficient (Wildman–Crippen LogP) is 2.45. The molecule has 1 aliphatic rings. The van der Waals surface area contributed by atoms with Crippen molar-refractivity contribution in [1.82, 2.24) is 10.6 Å². The lowest BCUT2D eigenvalue weighted by Crippen LogP contribution is -2.42. The normalized spacial score (nSPS) is 23.7. The summed E-state index contributed by atoms with van der Waals surface area (Å²) in [7, 11) is 0. The van der Waals surface area contributed by atoms with E-state index >= 15 is 0 Å². The molecule has 98 valence electrons. The van der Waals surface area contributed by atoms with Crippen LogP contribution in [0.3, 0.4) is 0 Å². The highest BCUT2D eigenvalue weighted by molar-refractivity contribution is 9.10. The van der Waals surface area contributed by atoms with Gasteiger partial charge in [0, 0.05) is 23.0 Å². The third-order valence-corrected chi connectivity index (χ3v) is 3.90. The molecule has 2 atom stereocenters. The van der Waals surface area contributed by atoms with Gasteiger partial charge in [-0.1, -0.05) is 28.1 Å². The Morgan fingerprint density at radius 2 is 2.17 bits per heavy atom. The summed E-state index contributed by atoms with van der Waals surface area (Å²) in [6, 6.07) is 8.48. The van der Waals surface area contributed by atoms with Crippen LogP contribution < -0.4 is 10.6 Å². The zero-order valence-corrected chi connectivity index (χ0v) is 12.2. The lowest BCUT2D eigenvalue weighted by molar-refractivity contribution is -0.126. The van der Waals surface area contributed by atoms with Gasteiger partial charge in [0.15, 0.2) is 0 Å². The summed E-state index contributed by atoms with van der Waals surface area (Å²) in [5, 5.41) is 6.39. The van der Waals surface area contributed by atoms with E-state index in [9.17, 15) is 4.79 Å². The number of rotatable bonds is 3. The monoisotopic (exact) mass is 310 g/mol. The number of halogens is 1. The summed E-state index contributed by atoms with van der Waals surface area (Å²) >= 11 is 3.40. The Morgan fingerprint density at radius 1 is 1.44 bits per heavy atom. The van der Waals surface area contributed by atoms with Crippen molar-refractivity contribution in [2.24, 2.45) is 5.92 Å². The van der Waals surface area contributed by atoms with Crippen molar-refractivity contribution in [2.45, 2.75) is 32.4 Å². The van der Waals surface area contributed by atoms with Gasteiger partial charge < -0.3 is 10.6 Å². The fourth-order valence-electron chi connectivity index (χ4n) is 2.31. The van der Waals surface area contributed by atoms with Crippen LogP contribution in [-0.4, -0.2) is 18.5 Å². The first kappa shape index (κ1) is 13.6. The van der Waals surface area contributed by atoms with E-state index in [1.807, 2.05) is 24.3 Å². The third kappa shape index (κ3) is 3.82. The molecule has 2 N–H and O–H groups in total. The highest BCUT2D eigenvalue weighted by atomic mass is 79.9. The van der Waals surface area contributed by atoms with Gasteiger partial charge in [0.2, 0.25) is 5.91 Å². The summed E-state index contributed by atoms with van der Waals surface area (Å²) in [4.78, 5) is 12.0. The minimum Gasteiger partial charge on any atom is -0.352 e. The van der Waals surface area contributed by atoms with E-state index in [0.717, 1.165) is 29.4 Å². The molecular formula is C14H19BrN2O. The second kappa shape index (κ2) is 6.34. The van der Waals surface area contributed by atoms with E-state index in [1.165, 1.54) is 0 Å². The number of piperidine rings is 1. The minimum absolute atomic E-state index is 0.164. The average molecular weight is 311 g/mol. The fourth-order valence-corrected chi connectivity index (χ4v) is 2.57. The van der Waals surface area contributed by atoms with E-state index < -0.39 is 0 Å². The Hall–Kier alpha value is -0.870. The summed E-state index contributed by atoms with van der Waals surface area (Å²) in [5.74, 6) is 0.350. The first-order valence-corrected chi connectivity index (χ1v) is 7.20. The lowest BCUT2D eigenvalue weighted by atomic mass is 9.92. The third-order valence-electron chi connectivity index (χ3n) is 3.37. The van der Waals surface area contributed by atoms with Gasteiger partial charge in [-0.05, 0) is 44.0 Å². The van der Waals surface area contributed by atoms with Gasteiger partial charge in [0.05, 0.1) is 0 Å². The van der Waals surface area contributed by atoms with Gasteiger partial charge in [-0.3, -0.25) is 4.79 Å². The largest absolute Gasteiger partial charge is 0.352 e. The van der Waals surface area contributed by atoms with Crippen LogP contribution in [0.25, 0.3) is 0 Å². The molecule has 0 bridgehead atoms. The number of nitrogens with one attached hydrogen (secondary N) is 2. The standard InChI is InChI=1S/C14H19BrN2O/c1-10-8-12(6-7-16-10)14(18)17-9-11-2-4-13(15)5-3-11/h2-5,10,12,16H,6-9H2,1H3,(H,17,18). The molecule has 0 radical (unpaired) electrons. The predicted molar refractivity (Wildman–Crippen MR) is 76.2 cm³/mol. The van der Waals surface area contributed by atoms with Crippen LogP contribution in [0.4, 0.5) is 0 Å². The number of benzene rings is 1. The van der Waals surface area contributed by atoms with Crippen molar-refractivity contribution >= 4 is 21.8 Å². The maximum atomic E-state index is 12.0. The van der Waals surface area contributed by atoms with Crippen molar-refractivity contribution in [3.8, 4) is 0 Å². The van der Waals surface area contributed by atoms with Crippen LogP contribution in [0, 0.1) is 5.92 Å². The van der Waals surface area contributed by atoms with Gasteiger partial charge in [0.1, 0.15) is 0 Å². The number of carbonyl (C=O) groups is 1. The molecule has 1 aliphatic heterocycles. The fraction of sp³-hybridized carbons (Fsp3) is 0.500. The Balaban J connectivity index is 1.82. The Labute approximate surface area is 116 Å². The summed E-state index contributed by atoms with van der Waals surface area (Å²) in [5.41, 5.74) is 1.13. The highest BCUT2D eigenvalue weighted by Crippen LogP contribution is 2.16. The van der Waals surface area contributed by atoms with E-state index in [2.05, 4.69) is 33.5 Å². The molecule has 1 aromatic rings. The second-order valence-electron chi connectivity index (χ2n) is 4.92. The molecule has 2 rings (SSSR count). The van der Waals surface area contributed by atoms with Crippen LogP contribution >= 0.6 is 15.9 Å². The van der Waals surface area contributed by atoms with Crippen LogP contribution in [0.5, 0.6) is 0 Å². The first-order chi connectivity index (χ1) is 8.65. The minimum atomic E-state index is 0.164. The zero-order chi connectivity index (χ0) is 13.0. The molecule has 3 nitrogen and oxygen atoms in total. The SMILES string of the molecule is CC1CC(C(=O)NCc2ccc(Br)cc2)CCN1. The molecule has 0 aliphatic carbocycles. The topological polar surface area (TPSA) is 41.1 Å².